The molecule has 3 heterocycles. The van der Waals surface area contributed by atoms with E-state index < -0.39 is 16.1 Å². The molecule has 1 unspecified atom stereocenters. The molecule has 31 heavy (non-hydrogen) atoms. The van der Waals surface area contributed by atoms with Crippen LogP contribution in [0.25, 0.3) is 0 Å². The molecule has 2 aromatic rings. The third-order valence-corrected chi connectivity index (χ3v) is 9.44. The average Bonchev–Trinajstić information content (AvgIpc) is 3.43. The molecule has 1 atom stereocenters. The van der Waals surface area contributed by atoms with Gasteiger partial charge in [-0.05, 0) is 61.3 Å². The third-order valence-electron chi connectivity index (χ3n) is 6.16. The van der Waals surface area contributed by atoms with Crippen LogP contribution < -0.4 is 5.32 Å². The molecule has 1 aromatic carbocycles. The monoisotopic (exact) mass is 461 g/mol. The lowest BCUT2D eigenvalue weighted by Crippen LogP contribution is -2.45. The first-order chi connectivity index (χ1) is 15.0. The fourth-order valence-electron chi connectivity index (χ4n) is 4.44. The van der Waals surface area contributed by atoms with E-state index in [1.807, 2.05) is 0 Å². The molecule has 0 aliphatic carbocycles. The molecule has 0 spiro atoms. The van der Waals surface area contributed by atoms with Gasteiger partial charge in [-0.1, -0.05) is 43.2 Å². The van der Waals surface area contributed by atoms with E-state index in [0.29, 0.717) is 30.1 Å². The molecule has 1 amide bonds. The molecule has 2 aliphatic rings. The fourth-order valence-corrected chi connectivity index (χ4v) is 7.21. The maximum atomic E-state index is 12.9. The number of amides is 1. The highest BCUT2D eigenvalue weighted by molar-refractivity contribution is 7.91. The van der Waals surface area contributed by atoms with Gasteiger partial charge >= 0.3 is 0 Å². The Balaban J connectivity index is 1.32. The second-order valence-corrected chi connectivity index (χ2v) is 11.5. The molecule has 2 aliphatic heterocycles. The SMILES string of the molecule is O=C(NCc1ccc(CN2CCCCCC2)cc1)C1CCCN1S(=O)(=O)c1cccs1. The molecular formula is C23H31N3O3S2. The van der Waals surface area contributed by atoms with Crippen LogP contribution in [0.2, 0.25) is 0 Å². The van der Waals surface area contributed by atoms with Gasteiger partial charge in [-0.15, -0.1) is 11.3 Å². The third kappa shape index (κ3) is 5.55. The molecule has 1 aromatic heterocycles. The van der Waals surface area contributed by atoms with Gasteiger partial charge in [-0.2, -0.15) is 4.31 Å². The summed E-state index contributed by atoms with van der Waals surface area (Å²) < 4.78 is 27.4. The van der Waals surface area contributed by atoms with Crippen LogP contribution in [0.1, 0.15) is 49.7 Å². The first-order valence-corrected chi connectivity index (χ1v) is 13.5. The van der Waals surface area contributed by atoms with E-state index in [2.05, 4.69) is 34.5 Å². The Kier molecular flexibility index (Phi) is 7.43. The minimum Gasteiger partial charge on any atom is -0.351 e. The Hall–Kier alpha value is -1.74. The summed E-state index contributed by atoms with van der Waals surface area (Å²) >= 11 is 1.19. The van der Waals surface area contributed by atoms with Crippen LogP contribution in [0.15, 0.2) is 46.0 Å². The lowest BCUT2D eigenvalue weighted by atomic mass is 10.1. The van der Waals surface area contributed by atoms with Gasteiger partial charge in [0.1, 0.15) is 10.3 Å². The van der Waals surface area contributed by atoms with Gasteiger partial charge in [0, 0.05) is 19.6 Å². The Bertz CT molecular complexity index is 950. The van der Waals surface area contributed by atoms with Gasteiger partial charge in [-0.25, -0.2) is 8.42 Å². The Morgan fingerprint density at radius 3 is 2.35 bits per heavy atom. The highest BCUT2D eigenvalue weighted by Crippen LogP contribution is 2.28. The number of benzene rings is 1. The predicted octanol–water partition coefficient (Wildman–Crippen LogP) is 3.59. The molecule has 0 radical (unpaired) electrons. The summed E-state index contributed by atoms with van der Waals surface area (Å²) in [6.07, 6.45) is 6.50. The zero-order valence-corrected chi connectivity index (χ0v) is 19.5. The number of nitrogens with one attached hydrogen (secondary N) is 1. The van der Waals surface area contributed by atoms with Gasteiger partial charge in [-0.3, -0.25) is 9.69 Å². The van der Waals surface area contributed by atoms with E-state index in [9.17, 15) is 13.2 Å². The average molecular weight is 462 g/mol. The second-order valence-electron chi connectivity index (χ2n) is 8.43. The van der Waals surface area contributed by atoms with Gasteiger partial charge in [0.15, 0.2) is 0 Å². The fraction of sp³-hybridized carbons (Fsp3) is 0.522. The number of carbonyl (C=O) groups excluding carboxylic acids is 1. The standard InChI is InChI=1S/C23H31N3O3S2/c27-23(21-7-5-15-26(21)31(28,29)22-8-6-16-30-22)24-17-19-9-11-20(12-10-19)18-25-13-3-1-2-4-14-25/h6,8-12,16,21H,1-5,7,13-15,17-18H2,(H,24,27). The van der Waals surface area contributed by atoms with Crippen molar-refractivity contribution in [2.45, 2.75) is 61.9 Å². The molecule has 6 nitrogen and oxygen atoms in total. The lowest BCUT2D eigenvalue weighted by Gasteiger charge is -2.22. The number of thiophene rings is 1. The first-order valence-electron chi connectivity index (χ1n) is 11.2. The van der Waals surface area contributed by atoms with Crippen molar-refractivity contribution >= 4 is 27.3 Å². The molecule has 168 valence electrons. The Morgan fingerprint density at radius 2 is 1.68 bits per heavy atom. The van der Waals surface area contributed by atoms with E-state index in [4.69, 9.17) is 0 Å². The summed E-state index contributed by atoms with van der Waals surface area (Å²) in [5.74, 6) is -0.216. The summed E-state index contributed by atoms with van der Waals surface area (Å²) in [7, 11) is -3.61. The van der Waals surface area contributed by atoms with Crippen LogP contribution >= 0.6 is 11.3 Å². The highest BCUT2D eigenvalue weighted by Gasteiger charge is 2.39. The normalized spacial score (nSPS) is 21.1. The van der Waals surface area contributed by atoms with Crippen molar-refractivity contribution in [1.29, 1.82) is 0 Å². The largest absolute Gasteiger partial charge is 0.351 e. The predicted molar refractivity (Wildman–Crippen MR) is 123 cm³/mol. The van der Waals surface area contributed by atoms with Gasteiger partial charge in [0.05, 0.1) is 0 Å². The molecule has 0 saturated carbocycles. The van der Waals surface area contributed by atoms with Gasteiger partial charge in [0.25, 0.3) is 10.0 Å². The molecule has 0 bridgehead atoms. The number of hydrogen-bond donors (Lipinski definition) is 1. The minimum atomic E-state index is -3.61. The number of hydrogen-bond acceptors (Lipinski definition) is 5. The topological polar surface area (TPSA) is 69.7 Å². The minimum absolute atomic E-state index is 0.216. The molecular weight excluding hydrogens is 430 g/mol. The van der Waals surface area contributed by atoms with Crippen LogP contribution in [0, 0.1) is 0 Å². The molecule has 1 N–H and O–H groups in total. The Labute approximate surface area is 189 Å². The zero-order chi connectivity index (χ0) is 21.7. The first kappa shape index (κ1) is 22.5. The van der Waals surface area contributed by atoms with E-state index in [-0.39, 0.29) is 5.91 Å². The van der Waals surface area contributed by atoms with E-state index in [0.717, 1.165) is 12.1 Å². The number of carbonyl (C=O) groups is 1. The maximum Gasteiger partial charge on any atom is 0.253 e. The van der Waals surface area contributed by atoms with Crippen molar-refractivity contribution in [3.63, 3.8) is 0 Å². The summed E-state index contributed by atoms with van der Waals surface area (Å²) in [5.41, 5.74) is 2.32. The quantitative estimate of drug-likeness (QED) is 0.684. The molecule has 2 saturated heterocycles. The van der Waals surface area contributed by atoms with Crippen molar-refractivity contribution < 1.29 is 13.2 Å². The highest BCUT2D eigenvalue weighted by atomic mass is 32.2. The summed E-state index contributed by atoms with van der Waals surface area (Å²) in [6, 6.07) is 11.1. The number of rotatable bonds is 7. The van der Waals surface area contributed by atoms with Crippen molar-refractivity contribution in [3.8, 4) is 0 Å². The molecule has 4 rings (SSSR count). The van der Waals surface area contributed by atoms with E-state index in [1.165, 1.54) is 60.0 Å². The van der Waals surface area contributed by atoms with Gasteiger partial charge in [0.2, 0.25) is 5.91 Å². The van der Waals surface area contributed by atoms with Crippen LogP contribution in [-0.2, 0) is 27.9 Å². The number of nitrogens with zero attached hydrogens (tertiary/aromatic N) is 2. The van der Waals surface area contributed by atoms with Crippen LogP contribution in [0.5, 0.6) is 0 Å². The molecule has 8 heteroatoms. The lowest BCUT2D eigenvalue weighted by molar-refractivity contribution is -0.124. The van der Waals surface area contributed by atoms with E-state index in [1.54, 1.807) is 17.5 Å². The van der Waals surface area contributed by atoms with E-state index >= 15 is 0 Å². The second kappa shape index (κ2) is 10.3. The zero-order valence-electron chi connectivity index (χ0n) is 17.8. The summed E-state index contributed by atoms with van der Waals surface area (Å²) in [5, 5.41) is 4.69. The summed E-state index contributed by atoms with van der Waals surface area (Å²) in [6.45, 7) is 4.12. The van der Waals surface area contributed by atoms with Crippen LogP contribution in [0.3, 0.4) is 0 Å². The van der Waals surface area contributed by atoms with Crippen LogP contribution in [0.4, 0.5) is 0 Å². The smallest absolute Gasteiger partial charge is 0.253 e. The number of likely N-dealkylation sites (tertiary alicyclic amines) is 1. The summed E-state index contributed by atoms with van der Waals surface area (Å²) in [4.78, 5) is 15.3. The van der Waals surface area contributed by atoms with Crippen molar-refractivity contribution in [3.05, 3.63) is 52.9 Å². The van der Waals surface area contributed by atoms with Crippen molar-refractivity contribution in [2.75, 3.05) is 19.6 Å². The van der Waals surface area contributed by atoms with Crippen LogP contribution in [-0.4, -0.2) is 49.2 Å². The Morgan fingerprint density at radius 1 is 0.968 bits per heavy atom. The van der Waals surface area contributed by atoms with Crippen molar-refractivity contribution in [2.24, 2.45) is 0 Å². The van der Waals surface area contributed by atoms with Crippen molar-refractivity contribution in [1.82, 2.24) is 14.5 Å². The number of sulfonamides is 1. The maximum absolute atomic E-state index is 12.9. The molecule has 2 fully saturated rings. The van der Waals surface area contributed by atoms with Gasteiger partial charge < -0.3 is 5.32 Å².